The molecule has 20 heavy (non-hydrogen) atoms. The first-order valence-corrected chi connectivity index (χ1v) is 5.38. The van der Waals surface area contributed by atoms with E-state index in [1.54, 1.807) is 0 Å². The Bertz CT molecular complexity index is 330. The van der Waals surface area contributed by atoms with Crippen molar-refractivity contribution >= 4 is 17.9 Å². The molecule has 0 bridgehead atoms. The van der Waals surface area contributed by atoms with Gasteiger partial charge in [-0.1, -0.05) is 6.42 Å². The Hall–Kier alpha value is -2.65. The van der Waals surface area contributed by atoms with E-state index < -0.39 is 23.0 Å². The highest BCUT2D eigenvalue weighted by atomic mass is 16.9. The molecule has 0 radical (unpaired) electrons. The van der Waals surface area contributed by atoms with E-state index in [-0.39, 0.29) is 13.0 Å². The third kappa shape index (κ3) is 24.5. The van der Waals surface area contributed by atoms with Crippen molar-refractivity contribution in [2.45, 2.75) is 25.7 Å². The second-order valence-corrected chi connectivity index (χ2v) is 3.27. The molecule has 0 saturated carbocycles. The van der Waals surface area contributed by atoms with Gasteiger partial charge < -0.3 is 20.2 Å². The van der Waals surface area contributed by atoms with E-state index in [0.29, 0.717) is 31.4 Å². The molecule has 0 aromatic rings. The van der Waals surface area contributed by atoms with Gasteiger partial charge in [-0.15, -0.1) is 10.1 Å². The Morgan fingerprint density at radius 2 is 1.50 bits per heavy atom. The summed E-state index contributed by atoms with van der Waals surface area (Å²) in [5.74, 6) is -3.36. The number of carboxylic acids is 3. The van der Waals surface area contributed by atoms with Crippen molar-refractivity contribution < 1.29 is 39.6 Å². The Kier molecular flexibility index (Phi) is 12.6. The van der Waals surface area contributed by atoms with Gasteiger partial charge in [0.2, 0.25) is 0 Å². The zero-order valence-corrected chi connectivity index (χ0v) is 10.4. The zero-order valence-electron chi connectivity index (χ0n) is 10.4. The van der Waals surface area contributed by atoms with E-state index in [4.69, 9.17) is 15.3 Å². The van der Waals surface area contributed by atoms with Crippen LogP contribution in [0, 0.1) is 10.1 Å². The lowest BCUT2D eigenvalue weighted by Gasteiger charge is -1.97. The number of hydrogen-bond acceptors (Lipinski definition) is 6. The smallest absolute Gasteiger partial charge is 0.328 e. The lowest BCUT2D eigenvalue weighted by Crippen LogP contribution is -2.02. The molecule has 0 aliphatic heterocycles. The zero-order chi connectivity index (χ0) is 16.0. The maximum absolute atomic E-state index is 10.0. The normalized spacial score (nSPS) is 9.40. The van der Waals surface area contributed by atoms with Crippen LogP contribution in [0.5, 0.6) is 0 Å². The van der Waals surface area contributed by atoms with Gasteiger partial charge in [-0.25, -0.2) is 9.59 Å². The van der Waals surface area contributed by atoms with Crippen LogP contribution in [0.15, 0.2) is 12.2 Å². The van der Waals surface area contributed by atoms with Crippen LogP contribution in [0.3, 0.4) is 0 Å². The monoisotopic (exact) mass is 293 g/mol. The van der Waals surface area contributed by atoms with E-state index in [1.165, 1.54) is 0 Å². The summed E-state index contributed by atoms with van der Waals surface area (Å²) in [6.45, 7) is 0.0482. The fourth-order valence-electron chi connectivity index (χ4n) is 0.837. The van der Waals surface area contributed by atoms with Crippen LogP contribution in [0.1, 0.15) is 25.7 Å². The number of unbranched alkanes of at least 4 members (excludes halogenated alkanes) is 2. The molecule has 0 rings (SSSR count). The molecule has 0 unspecified atom stereocenters. The molecule has 10 heteroatoms. The number of rotatable bonds is 9. The lowest BCUT2D eigenvalue weighted by molar-refractivity contribution is -0.757. The van der Waals surface area contributed by atoms with E-state index >= 15 is 0 Å². The quantitative estimate of drug-likeness (QED) is 0.238. The van der Waals surface area contributed by atoms with Gasteiger partial charge in [-0.2, -0.15) is 0 Å². The molecule has 3 N–H and O–H groups in total. The van der Waals surface area contributed by atoms with E-state index in [0.717, 1.165) is 0 Å². The second kappa shape index (κ2) is 12.8. The van der Waals surface area contributed by atoms with Gasteiger partial charge in [0.15, 0.2) is 0 Å². The average molecular weight is 293 g/mol. The highest BCUT2D eigenvalue weighted by Crippen LogP contribution is 1.99. The van der Waals surface area contributed by atoms with Crippen molar-refractivity contribution in [3.05, 3.63) is 22.3 Å². The van der Waals surface area contributed by atoms with Gasteiger partial charge in [0.05, 0.1) is 6.61 Å². The van der Waals surface area contributed by atoms with Gasteiger partial charge in [0.25, 0.3) is 5.09 Å². The first-order chi connectivity index (χ1) is 9.25. The maximum Gasteiger partial charge on any atom is 0.328 e. The maximum atomic E-state index is 10.0. The van der Waals surface area contributed by atoms with Gasteiger partial charge in [0, 0.05) is 18.6 Å². The Morgan fingerprint density at radius 3 is 1.85 bits per heavy atom. The average Bonchev–Trinajstić information content (AvgIpc) is 2.31. The molecule has 0 aromatic carbocycles. The van der Waals surface area contributed by atoms with Gasteiger partial charge >= 0.3 is 17.9 Å². The summed E-state index contributed by atoms with van der Waals surface area (Å²) < 4.78 is 0. The minimum absolute atomic E-state index is 0.0482. The van der Waals surface area contributed by atoms with Crippen molar-refractivity contribution in [3.8, 4) is 0 Å². The van der Waals surface area contributed by atoms with Crippen molar-refractivity contribution in [2.75, 3.05) is 6.61 Å². The largest absolute Gasteiger partial charge is 0.481 e. The van der Waals surface area contributed by atoms with Crippen molar-refractivity contribution in [3.63, 3.8) is 0 Å². The van der Waals surface area contributed by atoms with Gasteiger partial charge in [-0.3, -0.25) is 4.79 Å². The number of carbonyl (C=O) groups is 3. The van der Waals surface area contributed by atoms with Crippen molar-refractivity contribution in [1.29, 1.82) is 0 Å². The molecule has 0 atom stereocenters. The minimum Gasteiger partial charge on any atom is -0.481 e. The number of carboxylic acid groups (broad SMARTS) is 3. The molecular weight excluding hydrogens is 278 g/mol. The van der Waals surface area contributed by atoms with Gasteiger partial charge in [0.1, 0.15) is 0 Å². The molecule has 0 heterocycles. The van der Waals surface area contributed by atoms with Crippen LogP contribution >= 0.6 is 0 Å². The fourth-order valence-corrected chi connectivity index (χ4v) is 0.837. The van der Waals surface area contributed by atoms with E-state index in [2.05, 4.69) is 4.84 Å². The predicted molar refractivity (Wildman–Crippen MR) is 63.5 cm³/mol. The molecule has 0 spiro atoms. The Morgan fingerprint density at radius 1 is 1.00 bits per heavy atom. The van der Waals surface area contributed by atoms with Crippen LogP contribution < -0.4 is 0 Å². The van der Waals surface area contributed by atoms with Crippen LogP contribution in [0.4, 0.5) is 0 Å². The van der Waals surface area contributed by atoms with Crippen LogP contribution in [-0.2, 0) is 19.2 Å². The molecular formula is C10H15NO9. The van der Waals surface area contributed by atoms with Crippen LogP contribution in [0.25, 0.3) is 0 Å². The van der Waals surface area contributed by atoms with Gasteiger partial charge in [-0.05, 0) is 12.8 Å². The Labute approximate surface area is 113 Å². The summed E-state index contributed by atoms with van der Waals surface area (Å²) in [5, 5.41) is 32.6. The van der Waals surface area contributed by atoms with E-state index in [9.17, 15) is 24.5 Å². The summed E-state index contributed by atoms with van der Waals surface area (Å²) >= 11 is 0. The predicted octanol–water partition coefficient (Wildman–Crippen LogP) is 0.551. The number of hydrogen-bond donors (Lipinski definition) is 3. The summed E-state index contributed by atoms with van der Waals surface area (Å²) in [5.41, 5.74) is 0. The highest BCUT2D eigenvalue weighted by Gasteiger charge is 1.97. The summed E-state index contributed by atoms with van der Waals surface area (Å²) in [6, 6.07) is 0. The number of nitrogens with zero attached hydrogens (tertiary/aromatic N) is 1. The second-order valence-electron chi connectivity index (χ2n) is 3.27. The van der Waals surface area contributed by atoms with Crippen molar-refractivity contribution in [1.82, 2.24) is 0 Å². The molecule has 114 valence electrons. The summed E-state index contributed by atoms with van der Waals surface area (Å²) in [7, 11) is 0. The molecule has 0 aromatic heterocycles. The SMILES string of the molecule is O=C(O)/C=C/C(=O)O.O=C(O)CCCCCO[N+](=O)[O-]. The Balaban J connectivity index is 0. The van der Waals surface area contributed by atoms with Crippen molar-refractivity contribution in [2.24, 2.45) is 0 Å². The summed E-state index contributed by atoms with van der Waals surface area (Å²) in [6.07, 6.45) is 2.92. The third-order valence-corrected chi connectivity index (χ3v) is 1.60. The molecule has 10 nitrogen and oxygen atoms in total. The standard InChI is InChI=1S/C6H11NO5.C4H4O4/c8-6(9)4-2-1-3-5-12-7(10)11;5-3(6)1-2-4(7)8/h1-5H2,(H,8,9);1-2H,(H,5,6)(H,7,8)/b;2-1+. The van der Waals surface area contributed by atoms with E-state index in [1.807, 2.05) is 0 Å². The molecule has 0 aliphatic rings. The fraction of sp³-hybridized carbons (Fsp3) is 0.500. The topological polar surface area (TPSA) is 164 Å². The van der Waals surface area contributed by atoms with Crippen LogP contribution in [-0.4, -0.2) is 44.9 Å². The summed E-state index contributed by atoms with van der Waals surface area (Å²) in [4.78, 5) is 42.8. The molecule has 0 aliphatic carbocycles. The molecule has 0 fully saturated rings. The van der Waals surface area contributed by atoms with Crippen LogP contribution in [0.2, 0.25) is 0 Å². The molecule has 0 amide bonds. The third-order valence-electron chi connectivity index (χ3n) is 1.60. The number of aliphatic carboxylic acids is 3. The minimum atomic E-state index is -1.26. The highest BCUT2D eigenvalue weighted by molar-refractivity contribution is 5.89. The first kappa shape index (κ1) is 19.7. The lowest BCUT2D eigenvalue weighted by atomic mass is 10.2. The first-order valence-electron chi connectivity index (χ1n) is 5.38. The molecule has 0 saturated heterocycles.